The van der Waals surface area contributed by atoms with Crippen LogP contribution in [0.3, 0.4) is 0 Å². The molecular weight excluding hydrogens is 528 g/mol. The maximum Gasteiger partial charge on any atom is 0.240 e. The van der Waals surface area contributed by atoms with Crippen LogP contribution in [0, 0.1) is 0 Å². The maximum absolute atomic E-state index is 13.8. The average Bonchev–Trinajstić information content (AvgIpc) is 3.26. The van der Waals surface area contributed by atoms with E-state index in [0.29, 0.717) is 23.1 Å². The van der Waals surface area contributed by atoms with Crippen LogP contribution in [0.5, 0.6) is 17.2 Å². The number of nitrogens with one attached hydrogen (secondary N) is 1. The maximum atomic E-state index is 13.8. The second-order valence-electron chi connectivity index (χ2n) is 10.9. The standard InChI is InChI=1S/C30H38N4O5S/c1-18(2)31-24(35)16-33-25(36)17-40-27(22-15-21(38-7)13-14-23(22)39-8)26-28(30(3,4)5)32-34(29(26)33)19-9-11-20(37-6)12-10-19/h9-15,18,27H,16-17H2,1-8H3,(H,31,35). The minimum atomic E-state index is -0.383. The molecule has 2 amide bonds. The molecule has 1 aliphatic rings. The Morgan fingerprint density at radius 3 is 2.27 bits per heavy atom. The second kappa shape index (κ2) is 11.8. The molecule has 214 valence electrons. The molecule has 0 saturated heterocycles. The highest BCUT2D eigenvalue weighted by molar-refractivity contribution is 8.00. The zero-order valence-corrected chi connectivity index (χ0v) is 25.2. The monoisotopic (exact) mass is 566 g/mol. The fourth-order valence-electron chi connectivity index (χ4n) is 4.78. The number of amides is 2. The van der Waals surface area contributed by atoms with E-state index in [1.165, 1.54) is 11.8 Å². The lowest BCUT2D eigenvalue weighted by Crippen LogP contribution is -2.44. The number of carbonyl (C=O) groups is 2. The van der Waals surface area contributed by atoms with Crippen molar-refractivity contribution in [1.29, 1.82) is 0 Å². The Balaban J connectivity index is 2.04. The zero-order valence-electron chi connectivity index (χ0n) is 24.4. The fourth-order valence-corrected chi connectivity index (χ4v) is 5.99. The van der Waals surface area contributed by atoms with Crippen molar-refractivity contribution >= 4 is 29.4 Å². The highest BCUT2D eigenvalue weighted by Gasteiger charge is 2.41. The number of carbonyl (C=O) groups excluding carboxylic acids is 2. The van der Waals surface area contributed by atoms with Gasteiger partial charge in [-0.2, -0.15) is 5.10 Å². The zero-order chi connectivity index (χ0) is 29.2. The van der Waals surface area contributed by atoms with Crippen molar-refractivity contribution in [2.75, 3.05) is 38.5 Å². The van der Waals surface area contributed by atoms with Crippen LogP contribution in [0.2, 0.25) is 0 Å². The molecule has 1 aliphatic heterocycles. The van der Waals surface area contributed by atoms with Gasteiger partial charge in [-0.25, -0.2) is 4.68 Å². The summed E-state index contributed by atoms with van der Waals surface area (Å²) in [5.74, 6) is 2.39. The van der Waals surface area contributed by atoms with Gasteiger partial charge >= 0.3 is 0 Å². The van der Waals surface area contributed by atoms with Gasteiger partial charge in [-0.1, -0.05) is 20.8 Å². The van der Waals surface area contributed by atoms with Crippen LogP contribution in [-0.4, -0.2) is 61.3 Å². The van der Waals surface area contributed by atoms with Crippen LogP contribution in [0.15, 0.2) is 42.5 Å². The van der Waals surface area contributed by atoms with E-state index < -0.39 is 0 Å². The van der Waals surface area contributed by atoms with Gasteiger partial charge < -0.3 is 19.5 Å². The Labute approximate surface area is 240 Å². The number of fused-ring (bicyclic) bond motifs is 1. The Hall–Kier alpha value is -3.66. The van der Waals surface area contributed by atoms with Crippen molar-refractivity contribution in [3.8, 4) is 22.9 Å². The van der Waals surface area contributed by atoms with E-state index in [4.69, 9.17) is 19.3 Å². The molecule has 1 aromatic heterocycles. The molecule has 1 unspecified atom stereocenters. The first-order valence-corrected chi connectivity index (χ1v) is 14.2. The minimum absolute atomic E-state index is 0.0612. The topological polar surface area (TPSA) is 94.9 Å². The van der Waals surface area contributed by atoms with E-state index in [0.717, 1.165) is 22.5 Å². The van der Waals surface area contributed by atoms with Crippen molar-refractivity contribution in [3.63, 3.8) is 0 Å². The number of thioether (sulfide) groups is 1. The van der Waals surface area contributed by atoms with Crippen LogP contribution in [0.4, 0.5) is 5.82 Å². The third-order valence-electron chi connectivity index (χ3n) is 6.59. The molecule has 3 aromatic rings. The molecule has 10 heteroatoms. The number of benzene rings is 2. The smallest absolute Gasteiger partial charge is 0.240 e. The summed E-state index contributed by atoms with van der Waals surface area (Å²) in [5.41, 5.74) is 2.92. The molecule has 2 heterocycles. The van der Waals surface area contributed by atoms with Gasteiger partial charge in [-0.3, -0.25) is 14.5 Å². The number of anilines is 1. The first-order chi connectivity index (χ1) is 19.0. The summed E-state index contributed by atoms with van der Waals surface area (Å²) in [6.45, 7) is 9.96. The molecule has 0 fully saturated rings. The molecule has 2 aromatic carbocycles. The lowest BCUT2D eigenvalue weighted by atomic mass is 9.87. The quantitative estimate of drug-likeness (QED) is 0.415. The number of methoxy groups -OCH3 is 3. The summed E-state index contributed by atoms with van der Waals surface area (Å²) in [6.07, 6.45) is 0. The van der Waals surface area contributed by atoms with Crippen molar-refractivity contribution in [3.05, 3.63) is 59.3 Å². The van der Waals surface area contributed by atoms with E-state index in [-0.39, 0.29) is 40.8 Å². The lowest BCUT2D eigenvalue weighted by Gasteiger charge is -2.25. The molecule has 0 radical (unpaired) electrons. The first kappa shape index (κ1) is 29.3. The molecule has 1 atom stereocenters. The molecule has 0 aliphatic carbocycles. The van der Waals surface area contributed by atoms with Crippen LogP contribution in [0.25, 0.3) is 5.69 Å². The summed E-state index contributed by atoms with van der Waals surface area (Å²) < 4.78 is 18.5. The lowest BCUT2D eigenvalue weighted by molar-refractivity contribution is -0.123. The summed E-state index contributed by atoms with van der Waals surface area (Å²) in [7, 11) is 4.87. The second-order valence-corrected chi connectivity index (χ2v) is 12.0. The van der Waals surface area contributed by atoms with E-state index >= 15 is 0 Å². The number of hydrogen-bond acceptors (Lipinski definition) is 7. The number of hydrogen-bond donors (Lipinski definition) is 1. The summed E-state index contributed by atoms with van der Waals surface area (Å²) in [6, 6.07) is 13.1. The Bertz CT molecular complexity index is 1380. The number of nitrogens with zero attached hydrogens (tertiary/aromatic N) is 3. The van der Waals surface area contributed by atoms with Crippen LogP contribution < -0.4 is 24.4 Å². The number of rotatable bonds is 8. The van der Waals surface area contributed by atoms with E-state index in [1.807, 2.05) is 56.3 Å². The van der Waals surface area contributed by atoms with Gasteiger partial charge in [-0.15, -0.1) is 11.8 Å². The molecule has 1 N–H and O–H groups in total. The molecule has 40 heavy (non-hydrogen) atoms. The van der Waals surface area contributed by atoms with Crippen LogP contribution >= 0.6 is 11.8 Å². The van der Waals surface area contributed by atoms with Crippen molar-refractivity contribution in [2.45, 2.75) is 51.3 Å². The highest BCUT2D eigenvalue weighted by atomic mass is 32.2. The van der Waals surface area contributed by atoms with E-state index in [2.05, 4.69) is 26.1 Å². The Morgan fingerprint density at radius 2 is 1.70 bits per heavy atom. The summed E-state index contributed by atoms with van der Waals surface area (Å²) in [5, 5.41) is 7.73. The van der Waals surface area contributed by atoms with E-state index in [9.17, 15) is 9.59 Å². The number of ether oxygens (including phenoxy) is 3. The third-order valence-corrected chi connectivity index (χ3v) is 7.82. The molecule has 0 bridgehead atoms. The first-order valence-electron chi connectivity index (χ1n) is 13.2. The number of aromatic nitrogens is 2. The summed E-state index contributed by atoms with van der Waals surface area (Å²) in [4.78, 5) is 28.4. The van der Waals surface area contributed by atoms with E-state index in [1.54, 1.807) is 30.9 Å². The largest absolute Gasteiger partial charge is 0.497 e. The van der Waals surface area contributed by atoms with Gasteiger partial charge in [0.05, 0.1) is 43.7 Å². The molecule has 0 spiro atoms. The van der Waals surface area contributed by atoms with Gasteiger partial charge in [0.1, 0.15) is 29.6 Å². The molecule has 0 saturated carbocycles. The van der Waals surface area contributed by atoms with Gasteiger partial charge in [0.15, 0.2) is 0 Å². The summed E-state index contributed by atoms with van der Waals surface area (Å²) >= 11 is 1.49. The normalized spacial score (nSPS) is 15.5. The van der Waals surface area contributed by atoms with Crippen molar-refractivity contribution < 1.29 is 23.8 Å². The predicted molar refractivity (Wildman–Crippen MR) is 158 cm³/mol. The SMILES string of the molecule is COc1ccc(-n2nc(C(C)(C)C)c3c2N(CC(=O)NC(C)C)C(=O)CSC3c2cc(OC)ccc2OC)cc1. The fraction of sp³-hybridized carbons (Fsp3) is 0.433. The van der Waals surface area contributed by atoms with Crippen molar-refractivity contribution in [1.82, 2.24) is 15.1 Å². The molecule has 4 rings (SSSR count). The predicted octanol–water partition coefficient (Wildman–Crippen LogP) is 4.89. The van der Waals surface area contributed by atoms with Crippen molar-refractivity contribution in [2.24, 2.45) is 0 Å². The van der Waals surface area contributed by atoms with Gasteiger partial charge in [0.25, 0.3) is 0 Å². The van der Waals surface area contributed by atoms with Gasteiger partial charge in [0, 0.05) is 22.6 Å². The average molecular weight is 567 g/mol. The van der Waals surface area contributed by atoms with Crippen LogP contribution in [0.1, 0.15) is 56.7 Å². The van der Waals surface area contributed by atoms with Gasteiger partial charge in [0.2, 0.25) is 11.8 Å². The molecular formula is C30H38N4O5S. The third kappa shape index (κ3) is 5.91. The van der Waals surface area contributed by atoms with Crippen LogP contribution in [-0.2, 0) is 15.0 Å². The Morgan fingerprint density at radius 1 is 1.05 bits per heavy atom. The minimum Gasteiger partial charge on any atom is -0.497 e. The molecule has 9 nitrogen and oxygen atoms in total. The highest BCUT2D eigenvalue weighted by Crippen LogP contribution is 2.51. The Kier molecular flexibility index (Phi) is 8.68. The van der Waals surface area contributed by atoms with Gasteiger partial charge in [-0.05, 0) is 56.3 Å².